The Bertz CT molecular complexity index is 1660. The van der Waals surface area contributed by atoms with Crippen LogP contribution in [0.15, 0.2) is 89.5 Å². The number of hydrogen-bond donors (Lipinski definition) is 3. The molecule has 4 atom stereocenters. The molecule has 0 aromatic heterocycles. The summed E-state index contributed by atoms with van der Waals surface area (Å²) in [6, 6.07) is 21.5. The molecule has 9 heteroatoms. The molecule has 238 valence electrons. The van der Waals surface area contributed by atoms with E-state index in [0.29, 0.717) is 30.5 Å². The highest BCUT2D eigenvalue weighted by molar-refractivity contribution is 6.43. The molecule has 2 amide bonds. The smallest absolute Gasteiger partial charge is 0.455 e. The summed E-state index contributed by atoms with van der Waals surface area (Å²) >= 11 is 0. The Kier molecular flexibility index (Phi) is 9.43. The van der Waals surface area contributed by atoms with Gasteiger partial charge in [0.05, 0.1) is 23.6 Å². The number of aromatic hydroxyl groups is 1. The molecule has 0 saturated carbocycles. The zero-order chi connectivity index (χ0) is 32.4. The van der Waals surface area contributed by atoms with Gasteiger partial charge in [0, 0.05) is 11.4 Å². The minimum absolute atomic E-state index is 0.179. The van der Waals surface area contributed by atoms with Crippen molar-refractivity contribution in [2.24, 2.45) is 17.8 Å². The summed E-state index contributed by atoms with van der Waals surface area (Å²) in [7, 11) is -1.04. The van der Waals surface area contributed by atoms with Gasteiger partial charge in [-0.2, -0.15) is 0 Å². The lowest BCUT2D eigenvalue weighted by atomic mass is 9.58. The number of carbonyl (C=O) groups excluding carboxylic acids is 2. The summed E-state index contributed by atoms with van der Waals surface area (Å²) in [6.07, 6.45) is 6.01. The van der Waals surface area contributed by atoms with Crippen LogP contribution in [0.1, 0.15) is 57.9 Å². The number of rotatable bonds is 10. The third kappa shape index (κ3) is 6.39. The molecule has 3 aliphatic rings. The van der Waals surface area contributed by atoms with E-state index in [4.69, 9.17) is 4.65 Å². The molecule has 0 bridgehead atoms. The summed E-state index contributed by atoms with van der Waals surface area (Å²) in [5.41, 5.74) is 6.34. The third-order valence-corrected chi connectivity index (χ3v) is 9.57. The second-order valence-electron chi connectivity index (χ2n) is 12.5. The van der Waals surface area contributed by atoms with Gasteiger partial charge in [-0.3, -0.25) is 14.5 Å². The molecule has 7 nitrogen and oxygen atoms in total. The number of phenols is 1. The average molecular weight is 623 g/mol. The van der Waals surface area contributed by atoms with Crippen molar-refractivity contribution in [3.8, 4) is 5.75 Å². The molecule has 2 heterocycles. The maximum atomic E-state index is 14.1. The van der Waals surface area contributed by atoms with Crippen LogP contribution >= 0.6 is 0 Å². The fourth-order valence-electron chi connectivity index (χ4n) is 7.46. The zero-order valence-corrected chi connectivity index (χ0v) is 26.3. The Morgan fingerprint density at radius 1 is 1.02 bits per heavy atom. The molecule has 0 spiro atoms. The Labute approximate surface area is 269 Å². The van der Waals surface area contributed by atoms with Gasteiger partial charge in [-0.25, -0.2) is 4.39 Å². The van der Waals surface area contributed by atoms with Gasteiger partial charge >= 0.3 is 7.12 Å². The molecule has 0 radical (unpaired) electrons. The highest BCUT2D eigenvalue weighted by Gasteiger charge is 2.57. The summed E-state index contributed by atoms with van der Waals surface area (Å²) < 4.78 is 20.1. The molecule has 3 N–H and O–H groups in total. The van der Waals surface area contributed by atoms with E-state index < -0.39 is 24.8 Å². The van der Waals surface area contributed by atoms with Crippen LogP contribution in [0.5, 0.6) is 5.75 Å². The summed E-state index contributed by atoms with van der Waals surface area (Å²) in [5.74, 6) is -2.74. The number of nitrogens with one attached hydrogen (secondary N) is 1. The Morgan fingerprint density at radius 3 is 2.46 bits per heavy atom. The van der Waals surface area contributed by atoms with Gasteiger partial charge in [-0.15, -0.1) is 0 Å². The van der Waals surface area contributed by atoms with Crippen molar-refractivity contribution >= 4 is 42.1 Å². The standard InChI is InChI=1S/C37H40BFN2O5/c1-3-8-25-21-29-35(37(44)41(36(29)43)28-15-13-27(14-16-28)40-26-9-6-5-7-10-26)30-22-38(45)46-33(34(25)30)18-12-23(4-2)19-24-11-17-32(42)31(39)20-24/h5-7,9-11,13-17,19-20,29-30,33,35,40,42,45H,3-4,8,12,18,21-22H2,1-2H3/b23-19+/t29-,30+,33-,35-/m1/s1. The van der Waals surface area contributed by atoms with Crippen LogP contribution in [0.25, 0.3) is 6.08 Å². The summed E-state index contributed by atoms with van der Waals surface area (Å²) in [5, 5.41) is 23.8. The van der Waals surface area contributed by atoms with Crippen molar-refractivity contribution in [3.63, 3.8) is 0 Å². The molecular weight excluding hydrogens is 582 g/mol. The van der Waals surface area contributed by atoms with E-state index in [2.05, 4.69) is 12.2 Å². The predicted molar refractivity (Wildman–Crippen MR) is 179 cm³/mol. The lowest BCUT2D eigenvalue weighted by molar-refractivity contribution is -0.122. The number of amides is 2. The second kappa shape index (κ2) is 13.7. The fourth-order valence-corrected chi connectivity index (χ4v) is 7.46. The zero-order valence-electron chi connectivity index (χ0n) is 26.3. The van der Waals surface area contributed by atoms with Crippen molar-refractivity contribution in [1.82, 2.24) is 0 Å². The van der Waals surface area contributed by atoms with E-state index in [1.54, 1.807) is 18.2 Å². The number of anilines is 3. The Hall–Kier alpha value is -4.21. The number of hydrogen-bond acceptors (Lipinski definition) is 6. The monoisotopic (exact) mass is 622 g/mol. The maximum absolute atomic E-state index is 14.1. The first-order valence-corrected chi connectivity index (χ1v) is 16.3. The van der Waals surface area contributed by atoms with Gasteiger partial charge < -0.3 is 20.1 Å². The SMILES string of the molecule is CCCC1=C2[C@@H](CC/C(=C/c3ccc(O)c(F)c3)CC)OB(O)C[C@@H]2[C@@H]2C(=O)N(c3ccc(Nc4ccccc4)cc3)C(=O)[C@@H]2C1. The second-order valence-corrected chi connectivity index (χ2v) is 12.5. The lowest BCUT2D eigenvalue weighted by Gasteiger charge is -2.43. The molecule has 2 saturated heterocycles. The van der Waals surface area contributed by atoms with Crippen LogP contribution < -0.4 is 10.2 Å². The quantitative estimate of drug-likeness (QED) is 0.122. The van der Waals surface area contributed by atoms with Crippen molar-refractivity contribution < 1.29 is 28.8 Å². The van der Waals surface area contributed by atoms with Gasteiger partial charge in [-0.1, -0.05) is 61.8 Å². The molecule has 46 heavy (non-hydrogen) atoms. The molecule has 0 unspecified atom stereocenters. The average Bonchev–Trinajstić information content (AvgIpc) is 3.30. The van der Waals surface area contributed by atoms with Crippen LogP contribution in [0.4, 0.5) is 21.5 Å². The number of carbonyl (C=O) groups is 2. The maximum Gasteiger partial charge on any atom is 0.455 e. The third-order valence-electron chi connectivity index (χ3n) is 9.57. The van der Waals surface area contributed by atoms with Crippen LogP contribution in [-0.4, -0.2) is 35.2 Å². The van der Waals surface area contributed by atoms with Gasteiger partial charge in [-0.05, 0) is 104 Å². The molecule has 1 aliphatic carbocycles. The van der Waals surface area contributed by atoms with E-state index in [1.165, 1.54) is 22.6 Å². The number of para-hydroxylation sites is 1. The van der Waals surface area contributed by atoms with Gasteiger partial charge in [0.1, 0.15) is 0 Å². The number of phenolic OH excluding ortho intramolecular Hbond substituents is 1. The van der Waals surface area contributed by atoms with Crippen LogP contribution in [0.2, 0.25) is 6.32 Å². The van der Waals surface area contributed by atoms with E-state index in [0.717, 1.165) is 41.8 Å². The van der Waals surface area contributed by atoms with Crippen molar-refractivity contribution in [2.45, 2.75) is 64.8 Å². The van der Waals surface area contributed by atoms with Gasteiger partial charge in [0.2, 0.25) is 11.8 Å². The van der Waals surface area contributed by atoms with E-state index in [9.17, 15) is 24.1 Å². The van der Waals surface area contributed by atoms with Crippen molar-refractivity contribution in [1.29, 1.82) is 0 Å². The normalized spacial score (nSPS) is 23.1. The van der Waals surface area contributed by atoms with Gasteiger partial charge in [0.15, 0.2) is 11.6 Å². The van der Waals surface area contributed by atoms with Crippen molar-refractivity contribution in [2.75, 3.05) is 10.2 Å². The number of imide groups is 1. The topological polar surface area (TPSA) is 99.1 Å². The summed E-state index contributed by atoms with van der Waals surface area (Å²) in [6.45, 7) is 4.15. The van der Waals surface area contributed by atoms with E-state index >= 15 is 0 Å². The molecule has 3 aromatic rings. The van der Waals surface area contributed by atoms with Crippen LogP contribution in [0.3, 0.4) is 0 Å². The van der Waals surface area contributed by atoms with Crippen LogP contribution in [-0.2, 0) is 14.2 Å². The molecular formula is C37H40BFN2O5. The highest BCUT2D eigenvalue weighted by atomic mass is 19.1. The molecule has 2 aliphatic heterocycles. The number of allylic oxidation sites excluding steroid dienone is 2. The highest BCUT2D eigenvalue weighted by Crippen LogP contribution is 2.52. The first kappa shape index (κ1) is 31.8. The first-order valence-electron chi connectivity index (χ1n) is 16.3. The minimum atomic E-state index is -1.04. The molecule has 3 aromatic carbocycles. The van der Waals surface area contributed by atoms with Crippen molar-refractivity contribution in [3.05, 3.63) is 101 Å². The summed E-state index contributed by atoms with van der Waals surface area (Å²) in [4.78, 5) is 29.4. The first-order chi connectivity index (χ1) is 22.3. The predicted octanol–water partition coefficient (Wildman–Crippen LogP) is 7.65. The molecule has 2 fully saturated rings. The number of fused-ring (bicyclic) bond motifs is 3. The van der Waals surface area contributed by atoms with E-state index in [-0.39, 0.29) is 35.9 Å². The fraction of sp³-hybridized carbons (Fsp3) is 0.351. The number of nitrogens with zero attached hydrogens (tertiary/aromatic N) is 1. The largest absolute Gasteiger partial charge is 0.505 e. The van der Waals surface area contributed by atoms with E-state index in [1.807, 2.05) is 55.5 Å². The minimum Gasteiger partial charge on any atom is -0.505 e. The number of benzene rings is 3. The Morgan fingerprint density at radius 2 is 1.76 bits per heavy atom. The van der Waals surface area contributed by atoms with Gasteiger partial charge in [0.25, 0.3) is 0 Å². The lowest BCUT2D eigenvalue weighted by Crippen LogP contribution is -2.46. The Balaban J connectivity index is 1.24. The molecule has 6 rings (SSSR count). The van der Waals surface area contributed by atoms with Crippen LogP contribution in [0, 0.1) is 23.6 Å². The number of halogens is 1.